The third kappa shape index (κ3) is 4.48. The van der Waals surface area contributed by atoms with E-state index >= 15 is 0 Å². The molecule has 6 nitrogen and oxygen atoms in total. The molecule has 1 amide bonds. The SMILES string of the molecule is CN(C)C(=O)CO[C@@H]1CC[C@H]2[C@H]1OCCN2CCN1CCCCC1. The van der Waals surface area contributed by atoms with Gasteiger partial charge in [0, 0.05) is 39.8 Å². The van der Waals surface area contributed by atoms with E-state index in [-0.39, 0.29) is 24.7 Å². The predicted octanol–water partition coefficient (Wildman–Crippen LogP) is 0.809. The predicted molar refractivity (Wildman–Crippen MR) is 93.1 cm³/mol. The van der Waals surface area contributed by atoms with Gasteiger partial charge in [-0.3, -0.25) is 9.69 Å². The highest BCUT2D eigenvalue weighted by molar-refractivity contribution is 5.76. The van der Waals surface area contributed by atoms with Crippen molar-refractivity contribution in [2.75, 3.05) is 60.0 Å². The van der Waals surface area contributed by atoms with Crippen molar-refractivity contribution in [1.82, 2.24) is 14.7 Å². The van der Waals surface area contributed by atoms with E-state index in [9.17, 15) is 4.79 Å². The van der Waals surface area contributed by atoms with Gasteiger partial charge in [0.05, 0.1) is 18.8 Å². The van der Waals surface area contributed by atoms with Crippen molar-refractivity contribution < 1.29 is 14.3 Å². The highest BCUT2D eigenvalue weighted by Crippen LogP contribution is 2.32. The summed E-state index contributed by atoms with van der Waals surface area (Å²) in [6.45, 7) is 6.80. The van der Waals surface area contributed by atoms with Gasteiger partial charge in [-0.1, -0.05) is 6.42 Å². The van der Waals surface area contributed by atoms with Gasteiger partial charge < -0.3 is 19.3 Å². The van der Waals surface area contributed by atoms with E-state index in [1.54, 1.807) is 19.0 Å². The maximum absolute atomic E-state index is 11.7. The van der Waals surface area contributed by atoms with Crippen LogP contribution in [0.2, 0.25) is 0 Å². The lowest BCUT2D eigenvalue weighted by molar-refractivity contribution is -0.144. The molecule has 0 unspecified atom stereocenters. The van der Waals surface area contributed by atoms with Gasteiger partial charge in [0.15, 0.2) is 0 Å². The molecule has 1 aliphatic carbocycles. The van der Waals surface area contributed by atoms with E-state index < -0.39 is 0 Å². The first-order valence-corrected chi connectivity index (χ1v) is 9.55. The molecule has 0 aromatic carbocycles. The number of fused-ring (bicyclic) bond motifs is 1. The molecule has 3 fully saturated rings. The molecular weight excluding hydrogens is 306 g/mol. The van der Waals surface area contributed by atoms with Crippen LogP contribution < -0.4 is 0 Å². The second-order valence-electron chi connectivity index (χ2n) is 7.56. The summed E-state index contributed by atoms with van der Waals surface area (Å²) in [5, 5.41) is 0. The number of ether oxygens (including phenoxy) is 2. The summed E-state index contributed by atoms with van der Waals surface area (Å²) in [6, 6.07) is 0.461. The maximum atomic E-state index is 11.7. The number of carbonyl (C=O) groups excluding carboxylic acids is 1. The summed E-state index contributed by atoms with van der Waals surface area (Å²) in [5.41, 5.74) is 0. The van der Waals surface area contributed by atoms with Gasteiger partial charge in [-0.15, -0.1) is 0 Å². The first-order chi connectivity index (χ1) is 11.6. The fourth-order valence-electron chi connectivity index (χ4n) is 4.21. The number of piperidine rings is 1. The van der Waals surface area contributed by atoms with Crippen molar-refractivity contribution >= 4 is 5.91 Å². The van der Waals surface area contributed by atoms with Crippen molar-refractivity contribution in [3.05, 3.63) is 0 Å². The van der Waals surface area contributed by atoms with Gasteiger partial charge in [0.1, 0.15) is 6.61 Å². The Morgan fingerprint density at radius 3 is 2.67 bits per heavy atom. The Morgan fingerprint density at radius 2 is 1.92 bits per heavy atom. The van der Waals surface area contributed by atoms with E-state index in [1.165, 1.54) is 38.9 Å². The van der Waals surface area contributed by atoms with E-state index in [4.69, 9.17) is 9.47 Å². The maximum Gasteiger partial charge on any atom is 0.248 e. The fraction of sp³-hybridized carbons (Fsp3) is 0.944. The molecule has 2 heterocycles. The standard InChI is InChI=1S/C18H33N3O3/c1-19(2)17(22)14-24-16-7-6-15-18(16)23-13-12-21(15)11-10-20-8-4-3-5-9-20/h15-16,18H,3-14H2,1-2H3/t15-,16+,18+/m0/s1. The van der Waals surface area contributed by atoms with Crippen LogP contribution in [0.3, 0.4) is 0 Å². The number of likely N-dealkylation sites (tertiary alicyclic amines) is 1. The largest absolute Gasteiger partial charge is 0.373 e. The molecule has 138 valence electrons. The monoisotopic (exact) mass is 339 g/mol. The average Bonchev–Trinajstić information content (AvgIpc) is 3.02. The Bertz CT molecular complexity index is 412. The Hall–Kier alpha value is -0.690. The first-order valence-electron chi connectivity index (χ1n) is 9.55. The van der Waals surface area contributed by atoms with Crippen LogP contribution in [0.15, 0.2) is 0 Å². The second-order valence-corrected chi connectivity index (χ2v) is 7.56. The molecule has 3 rings (SSSR count). The molecule has 0 aromatic rings. The Morgan fingerprint density at radius 1 is 1.12 bits per heavy atom. The van der Waals surface area contributed by atoms with Crippen molar-refractivity contribution in [2.24, 2.45) is 0 Å². The Kier molecular flexibility index (Phi) is 6.49. The summed E-state index contributed by atoms with van der Waals surface area (Å²) in [7, 11) is 3.53. The number of hydrogen-bond acceptors (Lipinski definition) is 5. The molecule has 2 aliphatic heterocycles. The molecule has 0 N–H and O–H groups in total. The number of morpholine rings is 1. The molecular formula is C18H33N3O3. The summed E-state index contributed by atoms with van der Waals surface area (Å²) >= 11 is 0. The van der Waals surface area contributed by atoms with E-state index in [1.807, 2.05) is 0 Å². The summed E-state index contributed by atoms with van der Waals surface area (Å²) in [5.74, 6) is 0.0243. The number of amides is 1. The van der Waals surface area contributed by atoms with E-state index in [0.717, 1.165) is 32.5 Å². The van der Waals surface area contributed by atoms with Crippen molar-refractivity contribution in [1.29, 1.82) is 0 Å². The molecule has 0 aromatic heterocycles. The van der Waals surface area contributed by atoms with Gasteiger partial charge in [0.2, 0.25) is 5.91 Å². The van der Waals surface area contributed by atoms with E-state index in [2.05, 4.69) is 9.80 Å². The van der Waals surface area contributed by atoms with Gasteiger partial charge in [-0.2, -0.15) is 0 Å². The van der Waals surface area contributed by atoms with Crippen LogP contribution in [-0.4, -0.2) is 98.9 Å². The Balaban J connectivity index is 1.46. The number of rotatable bonds is 6. The third-order valence-electron chi connectivity index (χ3n) is 5.72. The molecule has 3 aliphatic rings. The lowest BCUT2D eigenvalue weighted by Crippen LogP contribution is -2.53. The van der Waals surface area contributed by atoms with Gasteiger partial charge in [0.25, 0.3) is 0 Å². The van der Waals surface area contributed by atoms with Crippen LogP contribution in [0.1, 0.15) is 32.1 Å². The molecule has 1 saturated carbocycles. The number of nitrogens with zero attached hydrogens (tertiary/aromatic N) is 3. The highest BCUT2D eigenvalue weighted by Gasteiger charge is 2.43. The minimum absolute atomic E-state index is 0.0243. The van der Waals surface area contributed by atoms with Crippen LogP contribution in [0.25, 0.3) is 0 Å². The Labute approximate surface area is 146 Å². The van der Waals surface area contributed by atoms with Crippen molar-refractivity contribution in [2.45, 2.75) is 50.4 Å². The number of carbonyl (C=O) groups is 1. The zero-order valence-electron chi connectivity index (χ0n) is 15.3. The van der Waals surface area contributed by atoms with Crippen LogP contribution in [0, 0.1) is 0 Å². The quantitative estimate of drug-likeness (QED) is 0.717. The lowest BCUT2D eigenvalue weighted by atomic mass is 10.1. The topological polar surface area (TPSA) is 45.3 Å². The third-order valence-corrected chi connectivity index (χ3v) is 5.72. The normalized spacial score (nSPS) is 31.8. The molecule has 0 bridgehead atoms. The average molecular weight is 339 g/mol. The second kappa shape index (κ2) is 8.61. The summed E-state index contributed by atoms with van der Waals surface area (Å²) < 4.78 is 11.9. The molecule has 0 radical (unpaired) electrons. The van der Waals surface area contributed by atoms with Crippen LogP contribution in [0.5, 0.6) is 0 Å². The van der Waals surface area contributed by atoms with Crippen LogP contribution in [0.4, 0.5) is 0 Å². The minimum atomic E-state index is 0.0243. The highest BCUT2D eigenvalue weighted by atomic mass is 16.5. The number of hydrogen-bond donors (Lipinski definition) is 0. The molecule has 2 saturated heterocycles. The van der Waals surface area contributed by atoms with Gasteiger partial charge in [-0.25, -0.2) is 0 Å². The fourth-order valence-corrected chi connectivity index (χ4v) is 4.21. The molecule has 0 spiro atoms. The minimum Gasteiger partial charge on any atom is -0.373 e. The first kappa shape index (κ1) is 18.1. The van der Waals surface area contributed by atoms with Crippen LogP contribution >= 0.6 is 0 Å². The van der Waals surface area contributed by atoms with Gasteiger partial charge >= 0.3 is 0 Å². The number of likely N-dealkylation sites (N-methyl/N-ethyl adjacent to an activating group) is 1. The molecule has 24 heavy (non-hydrogen) atoms. The van der Waals surface area contributed by atoms with Crippen LogP contribution in [-0.2, 0) is 14.3 Å². The zero-order chi connectivity index (χ0) is 16.9. The van der Waals surface area contributed by atoms with Gasteiger partial charge in [-0.05, 0) is 38.8 Å². The molecule has 6 heteroatoms. The van der Waals surface area contributed by atoms with Crippen molar-refractivity contribution in [3.63, 3.8) is 0 Å². The summed E-state index contributed by atoms with van der Waals surface area (Å²) in [6.07, 6.45) is 6.41. The van der Waals surface area contributed by atoms with Crippen molar-refractivity contribution in [3.8, 4) is 0 Å². The lowest BCUT2D eigenvalue weighted by Gasteiger charge is -2.40. The van der Waals surface area contributed by atoms with E-state index in [0.29, 0.717) is 6.04 Å². The smallest absolute Gasteiger partial charge is 0.248 e. The summed E-state index contributed by atoms with van der Waals surface area (Å²) in [4.78, 5) is 18.5. The molecule has 3 atom stereocenters. The zero-order valence-corrected chi connectivity index (χ0v) is 15.3.